The van der Waals surface area contributed by atoms with E-state index in [9.17, 15) is 4.79 Å². The van der Waals surface area contributed by atoms with Crippen molar-refractivity contribution in [3.05, 3.63) is 59.7 Å². The topological polar surface area (TPSA) is 50.4 Å². The molecule has 2 amide bonds. The number of carbonyl (C=O) groups is 1. The number of nitrogens with one attached hydrogen (secondary N) is 2. The first-order chi connectivity index (χ1) is 10.9. The number of amides is 2. The average molecular weight is 312 g/mol. The number of hydrogen-bond donors (Lipinski definition) is 2. The van der Waals surface area contributed by atoms with Crippen LogP contribution >= 0.6 is 0 Å². The fourth-order valence-electron chi connectivity index (χ4n) is 2.38. The number of urea groups is 1. The Morgan fingerprint density at radius 3 is 2.52 bits per heavy atom. The van der Waals surface area contributed by atoms with Gasteiger partial charge < -0.3 is 15.4 Å². The molecule has 4 nitrogen and oxygen atoms in total. The van der Waals surface area contributed by atoms with E-state index in [0.29, 0.717) is 6.54 Å². The number of ether oxygens (including phenoxy) is 1. The van der Waals surface area contributed by atoms with Crippen LogP contribution in [0.25, 0.3) is 0 Å². The molecule has 0 saturated carbocycles. The summed E-state index contributed by atoms with van der Waals surface area (Å²) in [6, 6.07) is 15.3. The van der Waals surface area contributed by atoms with Crippen LogP contribution in [-0.2, 0) is 12.0 Å². The fourth-order valence-corrected chi connectivity index (χ4v) is 2.38. The Labute approximate surface area is 137 Å². The maximum absolute atomic E-state index is 12.2. The summed E-state index contributed by atoms with van der Waals surface area (Å²) >= 11 is 0. The molecular weight excluding hydrogens is 288 g/mol. The van der Waals surface area contributed by atoms with Crippen LogP contribution in [-0.4, -0.2) is 13.1 Å². The second kappa shape index (κ2) is 7.18. The molecule has 23 heavy (non-hydrogen) atoms. The maximum Gasteiger partial charge on any atom is 0.319 e. The smallest absolute Gasteiger partial charge is 0.319 e. The highest BCUT2D eigenvalue weighted by molar-refractivity contribution is 5.90. The standard InChI is InChI=1S/C19H24N2O2/c1-19(2,3)16-10-5-6-11-17(16)21-18(22)20-13-14-8-7-9-15(12-14)23-4/h5-12H,13H2,1-4H3,(H2,20,21,22). The quantitative estimate of drug-likeness (QED) is 0.883. The molecule has 2 rings (SSSR count). The molecule has 2 aromatic carbocycles. The Kier molecular flexibility index (Phi) is 5.27. The van der Waals surface area contributed by atoms with Gasteiger partial charge in [-0.15, -0.1) is 0 Å². The minimum atomic E-state index is -0.218. The molecule has 0 unspecified atom stereocenters. The molecule has 0 fully saturated rings. The summed E-state index contributed by atoms with van der Waals surface area (Å²) in [5.74, 6) is 0.780. The van der Waals surface area contributed by atoms with Crippen LogP contribution in [0.15, 0.2) is 48.5 Å². The minimum absolute atomic E-state index is 0.0311. The molecule has 0 aromatic heterocycles. The van der Waals surface area contributed by atoms with Gasteiger partial charge in [-0.3, -0.25) is 0 Å². The number of carbonyl (C=O) groups excluding carboxylic acids is 1. The Hall–Kier alpha value is -2.49. The molecule has 4 heteroatoms. The number of anilines is 1. The largest absolute Gasteiger partial charge is 0.497 e. The van der Waals surface area contributed by atoms with Crippen LogP contribution in [0.5, 0.6) is 5.75 Å². The molecule has 0 aliphatic rings. The van der Waals surface area contributed by atoms with Gasteiger partial charge in [0.15, 0.2) is 0 Å². The number of hydrogen-bond acceptors (Lipinski definition) is 2. The Bertz CT molecular complexity index is 675. The van der Waals surface area contributed by atoms with Crippen molar-refractivity contribution in [2.45, 2.75) is 32.7 Å². The third-order valence-electron chi connectivity index (χ3n) is 3.57. The van der Waals surface area contributed by atoms with E-state index in [-0.39, 0.29) is 11.4 Å². The first kappa shape index (κ1) is 16.9. The van der Waals surface area contributed by atoms with Crippen molar-refractivity contribution in [2.75, 3.05) is 12.4 Å². The zero-order chi connectivity index (χ0) is 16.9. The highest BCUT2D eigenvalue weighted by Crippen LogP contribution is 2.29. The summed E-state index contributed by atoms with van der Waals surface area (Å²) in [5.41, 5.74) is 2.90. The van der Waals surface area contributed by atoms with Crippen LogP contribution in [0.3, 0.4) is 0 Å². The SMILES string of the molecule is COc1cccc(CNC(=O)Nc2ccccc2C(C)(C)C)c1. The van der Waals surface area contributed by atoms with Gasteiger partial charge in [-0.2, -0.15) is 0 Å². The van der Waals surface area contributed by atoms with E-state index in [0.717, 1.165) is 22.6 Å². The van der Waals surface area contributed by atoms with Gasteiger partial charge in [-0.25, -0.2) is 4.79 Å². The lowest BCUT2D eigenvalue weighted by atomic mass is 9.86. The predicted molar refractivity (Wildman–Crippen MR) is 94.0 cm³/mol. The highest BCUT2D eigenvalue weighted by atomic mass is 16.5. The lowest BCUT2D eigenvalue weighted by Gasteiger charge is -2.23. The van der Waals surface area contributed by atoms with Gasteiger partial charge in [-0.1, -0.05) is 51.1 Å². The molecule has 122 valence electrons. The van der Waals surface area contributed by atoms with Gasteiger partial charge in [0.2, 0.25) is 0 Å². The lowest BCUT2D eigenvalue weighted by Crippen LogP contribution is -2.29. The van der Waals surface area contributed by atoms with E-state index in [4.69, 9.17) is 4.74 Å². The van der Waals surface area contributed by atoms with Gasteiger partial charge in [-0.05, 0) is 34.7 Å². The zero-order valence-electron chi connectivity index (χ0n) is 14.1. The summed E-state index contributed by atoms with van der Waals surface area (Å²) in [7, 11) is 1.63. The van der Waals surface area contributed by atoms with E-state index in [1.165, 1.54) is 0 Å². The Balaban J connectivity index is 2.00. The van der Waals surface area contributed by atoms with Crippen molar-refractivity contribution in [2.24, 2.45) is 0 Å². The number of rotatable bonds is 4. The van der Waals surface area contributed by atoms with E-state index in [1.54, 1.807) is 7.11 Å². The van der Waals surface area contributed by atoms with Gasteiger partial charge in [0.25, 0.3) is 0 Å². The molecule has 0 saturated heterocycles. The molecule has 0 aliphatic heterocycles. The van der Waals surface area contributed by atoms with Crippen LogP contribution in [0.2, 0.25) is 0 Å². The molecule has 0 atom stereocenters. The molecule has 2 N–H and O–H groups in total. The first-order valence-electron chi connectivity index (χ1n) is 7.67. The Morgan fingerprint density at radius 2 is 1.83 bits per heavy atom. The number of benzene rings is 2. The van der Waals surface area contributed by atoms with E-state index in [1.807, 2.05) is 48.5 Å². The van der Waals surface area contributed by atoms with E-state index < -0.39 is 0 Å². The van der Waals surface area contributed by atoms with Crippen molar-refractivity contribution >= 4 is 11.7 Å². The number of para-hydroxylation sites is 1. The molecule has 0 aliphatic carbocycles. The zero-order valence-corrected chi connectivity index (χ0v) is 14.1. The van der Waals surface area contributed by atoms with Crippen molar-refractivity contribution < 1.29 is 9.53 Å². The summed E-state index contributed by atoms with van der Waals surface area (Å²) in [4.78, 5) is 12.2. The number of methoxy groups -OCH3 is 1. The first-order valence-corrected chi connectivity index (χ1v) is 7.67. The lowest BCUT2D eigenvalue weighted by molar-refractivity contribution is 0.251. The molecule has 0 spiro atoms. The van der Waals surface area contributed by atoms with E-state index >= 15 is 0 Å². The monoisotopic (exact) mass is 312 g/mol. The third kappa shape index (κ3) is 4.74. The summed E-state index contributed by atoms with van der Waals surface area (Å²) in [5, 5.41) is 5.81. The summed E-state index contributed by atoms with van der Waals surface area (Å²) < 4.78 is 5.18. The molecule has 0 bridgehead atoms. The van der Waals surface area contributed by atoms with Gasteiger partial charge in [0.05, 0.1) is 7.11 Å². The predicted octanol–water partition coefficient (Wildman–Crippen LogP) is 4.31. The maximum atomic E-state index is 12.2. The average Bonchev–Trinajstić information content (AvgIpc) is 2.52. The van der Waals surface area contributed by atoms with Crippen LogP contribution in [0.4, 0.5) is 10.5 Å². The third-order valence-corrected chi connectivity index (χ3v) is 3.57. The second-order valence-corrected chi connectivity index (χ2v) is 6.45. The van der Waals surface area contributed by atoms with Gasteiger partial charge in [0.1, 0.15) is 5.75 Å². The van der Waals surface area contributed by atoms with Crippen LogP contribution in [0.1, 0.15) is 31.9 Å². The normalized spacial score (nSPS) is 11.0. The summed E-state index contributed by atoms with van der Waals surface area (Å²) in [6.45, 7) is 6.83. The molecular formula is C19H24N2O2. The van der Waals surface area contributed by atoms with Crippen molar-refractivity contribution in [3.63, 3.8) is 0 Å². The second-order valence-electron chi connectivity index (χ2n) is 6.45. The highest BCUT2D eigenvalue weighted by Gasteiger charge is 2.18. The van der Waals surface area contributed by atoms with Crippen molar-refractivity contribution in [1.29, 1.82) is 0 Å². The van der Waals surface area contributed by atoms with Crippen LogP contribution in [0, 0.1) is 0 Å². The molecule has 0 heterocycles. The van der Waals surface area contributed by atoms with Crippen molar-refractivity contribution in [1.82, 2.24) is 5.32 Å². The minimum Gasteiger partial charge on any atom is -0.497 e. The molecule has 2 aromatic rings. The van der Waals surface area contributed by atoms with Crippen LogP contribution < -0.4 is 15.4 Å². The van der Waals surface area contributed by atoms with Crippen molar-refractivity contribution in [3.8, 4) is 5.75 Å². The van der Waals surface area contributed by atoms with Gasteiger partial charge in [0, 0.05) is 12.2 Å². The fraction of sp³-hybridized carbons (Fsp3) is 0.316. The van der Waals surface area contributed by atoms with E-state index in [2.05, 4.69) is 31.4 Å². The Morgan fingerprint density at radius 1 is 1.09 bits per heavy atom. The molecule has 0 radical (unpaired) electrons. The van der Waals surface area contributed by atoms with Gasteiger partial charge >= 0.3 is 6.03 Å². The summed E-state index contributed by atoms with van der Waals surface area (Å²) in [6.07, 6.45) is 0.